The fraction of sp³-hybridized carbons (Fsp3) is 0.375. The lowest BCUT2D eigenvalue weighted by atomic mass is 9.85. The molecular formula is C32H30F3IO5. The summed E-state index contributed by atoms with van der Waals surface area (Å²) in [6.45, 7) is 1.21. The number of halogens is 4. The summed E-state index contributed by atoms with van der Waals surface area (Å²) in [6.07, 6.45) is -1.11. The molecule has 0 aromatic heterocycles. The van der Waals surface area contributed by atoms with Crippen molar-refractivity contribution in [3.63, 3.8) is 0 Å². The highest BCUT2D eigenvalue weighted by Crippen LogP contribution is 2.53. The Bertz CT molecular complexity index is 1380. The maximum atomic E-state index is 15.1. The summed E-state index contributed by atoms with van der Waals surface area (Å²) in [5.74, 6) is 1.00. The number of fused-ring (bicyclic) bond motifs is 1. The average Bonchev–Trinajstić information content (AvgIpc) is 2.98. The van der Waals surface area contributed by atoms with Gasteiger partial charge in [-0.1, -0.05) is 24.3 Å². The number of rotatable bonds is 6. The van der Waals surface area contributed by atoms with Gasteiger partial charge in [-0.25, -0.2) is 0 Å². The maximum Gasteiger partial charge on any atom is 0.417 e. The molecule has 5 nitrogen and oxygen atoms in total. The first-order valence-electron chi connectivity index (χ1n) is 13.9. The van der Waals surface area contributed by atoms with E-state index in [0.29, 0.717) is 42.3 Å². The van der Waals surface area contributed by atoms with E-state index in [4.69, 9.17) is 23.7 Å². The van der Waals surface area contributed by atoms with Crippen molar-refractivity contribution in [2.45, 2.75) is 63.4 Å². The summed E-state index contributed by atoms with van der Waals surface area (Å²) in [5.41, 5.74) is 0.253. The molecule has 3 unspecified atom stereocenters. The molecular weight excluding hydrogens is 648 g/mol. The van der Waals surface area contributed by atoms with Crippen LogP contribution in [0.5, 0.6) is 17.2 Å². The monoisotopic (exact) mass is 678 g/mol. The standard InChI is InChI=1S/C32H30F3IO5/c33-32(34,35)30-25-19-24(40-28-6-2-4-18-38-28)15-16-26(25)41-31(21-7-11-22(36)12-8-21)29(30)20-9-13-23(14-10-20)39-27-5-1-3-17-37-27/h7-16,19,27-28,31H,1-6,17-18H2. The molecule has 3 atom stereocenters. The van der Waals surface area contributed by atoms with E-state index in [1.54, 1.807) is 48.5 Å². The topological polar surface area (TPSA) is 46.2 Å². The average molecular weight is 678 g/mol. The van der Waals surface area contributed by atoms with Crippen LogP contribution in [-0.4, -0.2) is 32.0 Å². The van der Waals surface area contributed by atoms with Crippen LogP contribution in [0.2, 0.25) is 0 Å². The van der Waals surface area contributed by atoms with Gasteiger partial charge in [0.05, 0.1) is 18.8 Å². The third-order valence-corrected chi connectivity index (χ3v) is 8.15. The number of hydrogen-bond acceptors (Lipinski definition) is 5. The molecule has 6 rings (SSSR count). The van der Waals surface area contributed by atoms with E-state index >= 15 is 13.2 Å². The second-order valence-corrected chi connectivity index (χ2v) is 11.6. The Morgan fingerprint density at radius 1 is 0.732 bits per heavy atom. The van der Waals surface area contributed by atoms with Gasteiger partial charge in [-0.2, -0.15) is 13.2 Å². The fourth-order valence-corrected chi connectivity index (χ4v) is 5.80. The zero-order valence-electron chi connectivity index (χ0n) is 22.3. The molecule has 0 bridgehead atoms. The van der Waals surface area contributed by atoms with Crippen molar-refractivity contribution in [1.29, 1.82) is 0 Å². The van der Waals surface area contributed by atoms with Gasteiger partial charge in [-0.3, -0.25) is 0 Å². The minimum atomic E-state index is -4.67. The highest BCUT2D eigenvalue weighted by atomic mass is 127. The van der Waals surface area contributed by atoms with Crippen molar-refractivity contribution in [2.75, 3.05) is 13.2 Å². The van der Waals surface area contributed by atoms with Crippen molar-refractivity contribution in [3.05, 3.63) is 87.0 Å². The Hall–Kier alpha value is -2.76. The van der Waals surface area contributed by atoms with Gasteiger partial charge in [-0.15, -0.1) is 0 Å². The summed E-state index contributed by atoms with van der Waals surface area (Å²) < 4.78 is 75.7. The summed E-state index contributed by atoms with van der Waals surface area (Å²) in [4.78, 5) is 0. The van der Waals surface area contributed by atoms with Crippen molar-refractivity contribution >= 4 is 33.7 Å². The highest BCUT2D eigenvalue weighted by Gasteiger charge is 2.45. The molecule has 3 aromatic rings. The minimum absolute atomic E-state index is 0.0396. The van der Waals surface area contributed by atoms with Crippen LogP contribution in [-0.2, 0) is 9.47 Å². The van der Waals surface area contributed by atoms with Gasteiger partial charge in [0.2, 0.25) is 0 Å². The van der Waals surface area contributed by atoms with Gasteiger partial charge in [0.15, 0.2) is 18.7 Å². The van der Waals surface area contributed by atoms with Gasteiger partial charge in [0.1, 0.15) is 17.2 Å². The van der Waals surface area contributed by atoms with Crippen LogP contribution in [0, 0.1) is 3.57 Å². The molecule has 0 amide bonds. The molecule has 3 aliphatic heterocycles. The predicted molar refractivity (Wildman–Crippen MR) is 157 cm³/mol. The number of benzene rings is 3. The molecule has 216 valence electrons. The lowest BCUT2D eigenvalue weighted by molar-refractivity contribution is -0.106. The first kappa shape index (κ1) is 28.4. The van der Waals surface area contributed by atoms with Crippen LogP contribution in [0.15, 0.2) is 66.7 Å². The van der Waals surface area contributed by atoms with Crippen LogP contribution in [0.3, 0.4) is 0 Å². The Balaban J connectivity index is 1.43. The van der Waals surface area contributed by atoms with Crippen LogP contribution < -0.4 is 14.2 Å². The molecule has 0 N–H and O–H groups in total. The second kappa shape index (κ2) is 12.2. The first-order valence-corrected chi connectivity index (χ1v) is 15.0. The summed E-state index contributed by atoms with van der Waals surface area (Å²) in [5, 5.41) is 0. The largest absolute Gasteiger partial charge is 0.480 e. The Morgan fingerprint density at radius 2 is 1.34 bits per heavy atom. The number of alkyl halides is 3. The van der Waals surface area contributed by atoms with E-state index in [1.165, 1.54) is 6.07 Å². The smallest absolute Gasteiger partial charge is 0.417 e. The summed E-state index contributed by atoms with van der Waals surface area (Å²) >= 11 is 2.17. The number of allylic oxidation sites excluding steroid dienone is 1. The van der Waals surface area contributed by atoms with Crippen molar-refractivity contribution in [1.82, 2.24) is 0 Å². The molecule has 0 radical (unpaired) electrons. The minimum Gasteiger partial charge on any atom is -0.480 e. The Labute approximate surface area is 250 Å². The van der Waals surface area contributed by atoms with E-state index in [-0.39, 0.29) is 23.2 Å². The maximum absolute atomic E-state index is 15.1. The van der Waals surface area contributed by atoms with E-state index < -0.39 is 24.1 Å². The Kier molecular flexibility index (Phi) is 8.46. The van der Waals surface area contributed by atoms with Crippen LogP contribution in [0.4, 0.5) is 13.2 Å². The molecule has 0 saturated carbocycles. The zero-order valence-corrected chi connectivity index (χ0v) is 24.5. The van der Waals surface area contributed by atoms with E-state index in [9.17, 15) is 0 Å². The van der Waals surface area contributed by atoms with Gasteiger partial charge >= 0.3 is 6.18 Å². The molecule has 9 heteroatoms. The molecule has 2 saturated heterocycles. The van der Waals surface area contributed by atoms with Gasteiger partial charge < -0.3 is 23.7 Å². The van der Waals surface area contributed by atoms with Gasteiger partial charge in [0.25, 0.3) is 0 Å². The summed E-state index contributed by atoms with van der Waals surface area (Å²) in [6, 6.07) is 18.6. The van der Waals surface area contributed by atoms with Gasteiger partial charge in [0, 0.05) is 27.5 Å². The number of ether oxygens (including phenoxy) is 5. The lowest BCUT2D eigenvalue weighted by Gasteiger charge is -2.33. The van der Waals surface area contributed by atoms with Gasteiger partial charge in [-0.05, 0) is 102 Å². The predicted octanol–water partition coefficient (Wildman–Crippen LogP) is 8.71. The van der Waals surface area contributed by atoms with E-state index in [1.807, 2.05) is 12.1 Å². The number of hydrogen-bond donors (Lipinski definition) is 0. The Morgan fingerprint density at radius 3 is 1.93 bits per heavy atom. The fourth-order valence-electron chi connectivity index (χ4n) is 5.44. The molecule has 3 heterocycles. The highest BCUT2D eigenvalue weighted by molar-refractivity contribution is 14.1. The zero-order chi connectivity index (χ0) is 28.4. The molecule has 3 aliphatic rings. The molecule has 3 aromatic carbocycles. The second-order valence-electron chi connectivity index (χ2n) is 10.3. The van der Waals surface area contributed by atoms with Crippen LogP contribution in [0.1, 0.15) is 61.3 Å². The third kappa shape index (κ3) is 6.52. The molecule has 2 fully saturated rings. The molecule has 0 aliphatic carbocycles. The normalized spacial score (nSPS) is 23.0. The van der Waals surface area contributed by atoms with Crippen molar-refractivity contribution in [2.24, 2.45) is 0 Å². The van der Waals surface area contributed by atoms with Crippen molar-refractivity contribution < 1.29 is 36.9 Å². The lowest BCUT2D eigenvalue weighted by Crippen LogP contribution is -2.26. The van der Waals surface area contributed by atoms with Crippen LogP contribution >= 0.6 is 22.6 Å². The quantitative estimate of drug-likeness (QED) is 0.244. The van der Waals surface area contributed by atoms with E-state index in [2.05, 4.69) is 22.6 Å². The molecule has 41 heavy (non-hydrogen) atoms. The third-order valence-electron chi connectivity index (χ3n) is 7.43. The molecule has 0 spiro atoms. The van der Waals surface area contributed by atoms with Crippen molar-refractivity contribution in [3.8, 4) is 17.2 Å². The van der Waals surface area contributed by atoms with E-state index in [0.717, 1.165) is 35.7 Å². The summed E-state index contributed by atoms with van der Waals surface area (Å²) in [7, 11) is 0. The SMILES string of the molecule is FC(F)(F)C1=C(c2ccc(OC3CCCCO3)cc2)C(c2ccc(I)cc2)Oc2ccc(OC3CCCCO3)cc21. The first-order chi connectivity index (χ1) is 19.8. The van der Waals surface area contributed by atoms with Crippen LogP contribution in [0.25, 0.3) is 11.1 Å².